The molecule has 17 heavy (non-hydrogen) atoms. The number of H-pyrrole nitrogens is 1. The number of aromatic nitrogens is 1. The van der Waals surface area contributed by atoms with Crippen molar-refractivity contribution in [2.75, 3.05) is 19.6 Å². The van der Waals surface area contributed by atoms with E-state index in [0.29, 0.717) is 25.3 Å². The number of thiazole rings is 1. The van der Waals surface area contributed by atoms with Crippen LogP contribution in [0.5, 0.6) is 0 Å². The molecule has 6 nitrogen and oxygen atoms in total. The summed E-state index contributed by atoms with van der Waals surface area (Å²) in [4.78, 5) is 13.3. The summed E-state index contributed by atoms with van der Waals surface area (Å²) in [6, 6.07) is 0.134. The molecule has 0 aromatic carbocycles. The highest BCUT2D eigenvalue weighted by atomic mass is 32.2. The van der Waals surface area contributed by atoms with Crippen molar-refractivity contribution >= 4 is 21.4 Å². The lowest BCUT2D eigenvalue weighted by Gasteiger charge is -2.30. The van der Waals surface area contributed by atoms with Gasteiger partial charge in [-0.3, -0.25) is 4.79 Å². The number of rotatable bonds is 2. The largest absolute Gasteiger partial charge is 0.315 e. The summed E-state index contributed by atoms with van der Waals surface area (Å²) in [5.74, 6) is 0. The molecule has 0 unspecified atom stereocenters. The Hall–Kier alpha value is -0.700. The predicted molar refractivity (Wildman–Crippen MR) is 65.9 cm³/mol. The molecular formula is C9H15N3O3S2. The second-order valence-corrected chi connectivity index (χ2v) is 7.26. The van der Waals surface area contributed by atoms with Gasteiger partial charge in [0, 0.05) is 31.4 Å². The zero-order valence-corrected chi connectivity index (χ0v) is 11.3. The molecule has 2 rings (SSSR count). The average molecular weight is 277 g/mol. The second-order valence-electron chi connectivity index (χ2n) is 4.15. The number of hydrogen-bond donors (Lipinski definition) is 2. The Labute approximate surface area is 104 Å². The van der Waals surface area contributed by atoms with Gasteiger partial charge in [0.2, 0.25) is 0 Å². The zero-order chi connectivity index (χ0) is 12.6. The van der Waals surface area contributed by atoms with E-state index in [1.54, 1.807) is 6.92 Å². The van der Waals surface area contributed by atoms with Crippen LogP contribution in [0.1, 0.15) is 12.6 Å². The van der Waals surface area contributed by atoms with Crippen molar-refractivity contribution in [1.82, 2.24) is 14.6 Å². The van der Waals surface area contributed by atoms with Gasteiger partial charge in [-0.1, -0.05) is 11.3 Å². The lowest BCUT2D eigenvalue weighted by molar-refractivity contribution is 0.310. The fourth-order valence-corrected chi connectivity index (χ4v) is 4.83. The molecule has 1 aromatic rings. The van der Waals surface area contributed by atoms with Crippen LogP contribution in [0, 0.1) is 6.92 Å². The summed E-state index contributed by atoms with van der Waals surface area (Å²) in [6.45, 7) is 5.06. The standard InChI is InChI=1S/C9H15N3O3S2/c1-6-5-12(4-3-10-6)17(14,15)8-7(2)11-9(13)16-8/h6,10H,3-5H2,1-2H3,(H,11,13)/t6-/m0/s1. The normalized spacial score (nSPS) is 22.8. The molecule has 0 saturated carbocycles. The summed E-state index contributed by atoms with van der Waals surface area (Å²) in [6.07, 6.45) is 0. The monoisotopic (exact) mass is 277 g/mol. The van der Waals surface area contributed by atoms with E-state index in [4.69, 9.17) is 0 Å². The number of aryl methyl sites for hydroxylation is 1. The first kappa shape index (κ1) is 12.7. The maximum atomic E-state index is 12.3. The Morgan fingerprint density at radius 2 is 2.18 bits per heavy atom. The van der Waals surface area contributed by atoms with Gasteiger partial charge in [-0.05, 0) is 13.8 Å². The van der Waals surface area contributed by atoms with Crippen LogP contribution in [0.25, 0.3) is 0 Å². The van der Waals surface area contributed by atoms with Crippen LogP contribution in [0.3, 0.4) is 0 Å². The van der Waals surface area contributed by atoms with Crippen LogP contribution in [0.2, 0.25) is 0 Å². The third-order valence-corrected chi connectivity index (χ3v) is 6.13. The predicted octanol–water partition coefficient (Wildman–Crippen LogP) is -0.273. The van der Waals surface area contributed by atoms with E-state index >= 15 is 0 Å². The highest BCUT2D eigenvalue weighted by molar-refractivity contribution is 7.91. The molecule has 8 heteroatoms. The molecule has 0 bridgehead atoms. The average Bonchev–Trinajstić information content (AvgIpc) is 2.58. The maximum absolute atomic E-state index is 12.3. The smallest absolute Gasteiger partial charge is 0.305 e. The molecule has 0 spiro atoms. The highest BCUT2D eigenvalue weighted by Crippen LogP contribution is 2.21. The van der Waals surface area contributed by atoms with Crippen LogP contribution < -0.4 is 10.2 Å². The summed E-state index contributed by atoms with van der Waals surface area (Å²) < 4.78 is 26.2. The van der Waals surface area contributed by atoms with Crippen LogP contribution in [-0.4, -0.2) is 43.4 Å². The fourth-order valence-electron chi connectivity index (χ4n) is 1.87. The minimum atomic E-state index is -3.52. The van der Waals surface area contributed by atoms with Crippen molar-refractivity contribution in [2.45, 2.75) is 24.1 Å². The topological polar surface area (TPSA) is 82.3 Å². The quantitative estimate of drug-likeness (QED) is 0.779. The minimum Gasteiger partial charge on any atom is -0.315 e. The molecule has 1 saturated heterocycles. The van der Waals surface area contributed by atoms with Crippen molar-refractivity contribution in [3.8, 4) is 0 Å². The van der Waals surface area contributed by atoms with E-state index in [2.05, 4.69) is 10.3 Å². The SMILES string of the molecule is Cc1[nH]c(=O)sc1S(=O)(=O)N1CCN[C@@H](C)C1. The molecule has 1 aromatic heterocycles. The van der Waals surface area contributed by atoms with E-state index in [1.807, 2.05) is 6.92 Å². The van der Waals surface area contributed by atoms with E-state index in [0.717, 1.165) is 11.3 Å². The summed E-state index contributed by atoms with van der Waals surface area (Å²) in [7, 11) is -3.52. The molecule has 0 aliphatic carbocycles. The van der Waals surface area contributed by atoms with Gasteiger partial charge in [-0.15, -0.1) is 0 Å². The fraction of sp³-hybridized carbons (Fsp3) is 0.667. The number of sulfonamides is 1. The van der Waals surface area contributed by atoms with Crippen LogP contribution in [-0.2, 0) is 10.0 Å². The van der Waals surface area contributed by atoms with Gasteiger partial charge < -0.3 is 10.3 Å². The molecule has 1 fully saturated rings. The van der Waals surface area contributed by atoms with Gasteiger partial charge in [0.1, 0.15) is 0 Å². The Bertz CT molecular complexity index is 560. The van der Waals surface area contributed by atoms with Crippen molar-refractivity contribution in [3.63, 3.8) is 0 Å². The molecule has 1 aliphatic heterocycles. The first-order valence-electron chi connectivity index (χ1n) is 5.34. The molecule has 2 N–H and O–H groups in total. The Balaban J connectivity index is 2.36. The first-order chi connectivity index (χ1) is 7.91. The highest BCUT2D eigenvalue weighted by Gasteiger charge is 2.31. The van der Waals surface area contributed by atoms with E-state index < -0.39 is 10.0 Å². The lowest BCUT2D eigenvalue weighted by Crippen LogP contribution is -2.51. The molecule has 0 amide bonds. The third kappa shape index (κ3) is 2.44. The molecule has 96 valence electrons. The Morgan fingerprint density at radius 3 is 2.71 bits per heavy atom. The van der Waals surface area contributed by atoms with Crippen molar-refractivity contribution in [1.29, 1.82) is 0 Å². The van der Waals surface area contributed by atoms with Crippen LogP contribution in [0.4, 0.5) is 0 Å². The zero-order valence-electron chi connectivity index (χ0n) is 9.69. The summed E-state index contributed by atoms with van der Waals surface area (Å²) in [5, 5.41) is 3.18. The van der Waals surface area contributed by atoms with Crippen molar-refractivity contribution in [2.24, 2.45) is 0 Å². The van der Waals surface area contributed by atoms with E-state index in [-0.39, 0.29) is 15.1 Å². The van der Waals surface area contributed by atoms with Crippen LogP contribution in [0.15, 0.2) is 9.00 Å². The Kier molecular flexibility index (Phi) is 3.39. The molecule has 0 radical (unpaired) electrons. The first-order valence-corrected chi connectivity index (χ1v) is 7.60. The van der Waals surface area contributed by atoms with Gasteiger partial charge in [-0.25, -0.2) is 8.42 Å². The second kappa shape index (κ2) is 4.52. The summed E-state index contributed by atoms with van der Waals surface area (Å²) >= 11 is 0.755. The Morgan fingerprint density at radius 1 is 1.47 bits per heavy atom. The van der Waals surface area contributed by atoms with Crippen LogP contribution >= 0.6 is 11.3 Å². The van der Waals surface area contributed by atoms with Gasteiger partial charge >= 0.3 is 4.87 Å². The summed E-state index contributed by atoms with van der Waals surface area (Å²) in [5.41, 5.74) is 0.422. The van der Waals surface area contributed by atoms with Gasteiger partial charge in [0.05, 0.1) is 0 Å². The van der Waals surface area contributed by atoms with Gasteiger partial charge in [-0.2, -0.15) is 4.31 Å². The number of piperazine rings is 1. The van der Waals surface area contributed by atoms with E-state index in [1.165, 1.54) is 4.31 Å². The number of nitrogens with zero attached hydrogens (tertiary/aromatic N) is 1. The molecule has 1 atom stereocenters. The maximum Gasteiger partial charge on any atom is 0.305 e. The number of hydrogen-bond acceptors (Lipinski definition) is 5. The van der Waals surface area contributed by atoms with Gasteiger partial charge in [0.25, 0.3) is 10.0 Å². The lowest BCUT2D eigenvalue weighted by atomic mass is 10.3. The van der Waals surface area contributed by atoms with Gasteiger partial charge in [0.15, 0.2) is 4.21 Å². The molecule has 1 aliphatic rings. The third-order valence-electron chi connectivity index (χ3n) is 2.69. The minimum absolute atomic E-state index is 0.134. The number of nitrogens with one attached hydrogen (secondary N) is 2. The van der Waals surface area contributed by atoms with E-state index in [9.17, 15) is 13.2 Å². The van der Waals surface area contributed by atoms with Crippen molar-refractivity contribution in [3.05, 3.63) is 15.4 Å². The molecular weight excluding hydrogens is 262 g/mol. The van der Waals surface area contributed by atoms with Crippen molar-refractivity contribution < 1.29 is 8.42 Å². The molecule has 2 heterocycles. The number of aromatic amines is 1.